The van der Waals surface area contributed by atoms with E-state index in [1.165, 1.54) is 11.3 Å². The fraction of sp³-hybridized carbons (Fsp3) is 0.263. The first-order chi connectivity index (χ1) is 11.6. The second kappa shape index (κ2) is 7.01. The van der Waals surface area contributed by atoms with Gasteiger partial charge in [-0.1, -0.05) is 26.0 Å². The van der Waals surface area contributed by atoms with Crippen LogP contribution >= 0.6 is 11.3 Å². The topological polar surface area (TPSA) is 51.2 Å². The summed E-state index contributed by atoms with van der Waals surface area (Å²) >= 11 is 1.54. The van der Waals surface area contributed by atoms with Crippen LogP contribution in [-0.4, -0.2) is 18.0 Å². The van der Waals surface area contributed by atoms with Gasteiger partial charge in [-0.25, -0.2) is 4.98 Å². The van der Waals surface area contributed by atoms with E-state index in [1.54, 1.807) is 12.6 Å². The van der Waals surface area contributed by atoms with Crippen molar-refractivity contribution in [2.24, 2.45) is 5.92 Å². The molecule has 0 fully saturated rings. The maximum absolute atomic E-state index is 12.7. The summed E-state index contributed by atoms with van der Waals surface area (Å²) < 4.78 is 6.22. The number of ether oxygens (including phenoxy) is 1. The Kier molecular flexibility index (Phi) is 4.81. The molecule has 124 valence electrons. The van der Waals surface area contributed by atoms with Crippen LogP contribution in [-0.2, 0) is 0 Å². The number of rotatable bonds is 5. The molecule has 0 aliphatic carbocycles. The lowest BCUT2D eigenvalue weighted by molar-refractivity contribution is 0.0926. The van der Waals surface area contributed by atoms with Crippen LogP contribution < -0.4 is 10.1 Å². The zero-order chi connectivity index (χ0) is 17.1. The molecule has 0 aliphatic rings. The summed E-state index contributed by atoms with van der Waals surface area (Å²) in [6.07, 6.45) is 0. The smallest absolute Gasteiger partial charge is 0.251 e. The van der Waals surface area contributed by atoms with Gasteiger partial charge in [-0.05, 0) is 41.8 Å². The third-order valence-electron chi connectivity index (χ3n) is 4.02. The Labute approximate surface area is 145 Å². The molecule has 0 saturated carbocycles. The molecule has 4 nitrogen and oxygen atoms in total. The molecule has 1 atom stereocenters. The van der Waals surface area contributed by atoms with Gasteiger partial charge in [-0.3, -0.25) is 4.79 Å². The molecule has 1 unspecified atom stereocenters. The number of carbonyl (C=O) groups is 1. The predicted molar refractivity (Wildman–Crippen MR) is 97.7 cm³/mol. The molecule has 0 radical (unpaired) electrons. The standard InChI is InChI=1S/C19H20N2O2S/c1-12(2)18(13-4-7-15(23-3)8-5-13)21-19(22)14-6-9-16-17(10-14)24-11-20-16/h4-12,18H,1-3H3,(H,21,22). The summed E-state index contributed by atoms with van der Waals surface area (Å²) in [5.41, 5.74) is 4.44. The van der Waals surface area contributed by atoms with E-state index in [0.717, 1.165) is 21.5 Å². The summed E-state index contributed by atoms with van der Waals surface area (Å²) in [4.78, 5) is 16.9. The van der Waals surface area contributed by atoms with Crippen LogP contribution in [0, 0.1) is 5.92 Å². The lowest BCUT2D eigenvalue weighted by Crippen LogP contribution is -2.31. The first kappa shape index (κ1) is 16.5. The highest BCUT2D eigenvalue weighted by Crippen LogP contribution is 2.25. The molecule has 3 aromatic rings. The van der Waals surface area contributed by atoms with Gasteiger partial charge >= 0.3 is 0 Å². The second-order valence-electron chi connectivity index (χ2n) is 6.00. The van der Waals surface area contributed by atoms with E-state index in [1.807, 2.05) is 42.5 Å². The number of nitrogens with zero attached hydrogens (tertiary/aromatic N) is 1. The molecular formula is C19H20N2O2S. The monoisotopic (exact) mass is 340 g/mol. The molecule has 2 aromatic carbocycles. The quantitative estimate of drug-likeness (QED) is 0.747. The molecule has 5 heteroatoms. The molecule has 0 spiro atoms. The van der Waals surface area contributed by atoms with Crippen molar-refractivity contribution in [3.05, 3.63) is 59.1 Å². The molecule has 3 rings (SSSR count). The van der Waals surface area contributed by atoms with Gasteiger partial charge in [0, 0.05) is 5.56 Å². The minimum absolute atomic E-state index is 0.0550. The predicted octanol–water partition coefficient (Wildman–Crippen LogP) is 4.43. The highest BCUT2D eigenvalue weighted by molar-refractivity contribution is 7.16. The molecule has 0 saturated heterocycles. The first-order valence-electron chi connectivity index (χ1n) is 7.86. The highest BCUT2D eigenvalue weighted by atomic mass is 32.1. The first-order valence-corrected chi connectivity index (χ1v) is 8.74. The number of nitrogens with one attached hydrogen (secondary N) is 1. The lowest BCUT2D eigenvalue weighted by atomic mass is 9.95. The second-order valence-corrected chi connectivity index (χ2v) is 6.89. The Balaban J connectivity index is 1.82. The fourth-order valence-corrected chi connectivity index (χ4v) is 3.38. The molecule has 0 bridgehead atoms. The summed E-state index contributed by atoms with van der Waals surface area (Å²) in [6.45, 7) is 4.20. The maximum Gasteiger partial charge on any atom is 0.251 e. The summed E-state index contributed by atoms with van der Waals surface area (Å²) in [5.74, 6) is 1.01. The number of aromatic nitrogens is 1. The average Bonchev–Trinajstić information content (AvgIpc) is 3.07. The number of hydrogen-bond donors (Lipinski definition) is 1. The van der Waals surface area contributed by atoms with Crippen LogP contribution in [0.4, 0.5) is 0 Å². The van der Waals surface area contributed by atoms with Gasteiger partial charge in [0.2, 0.25) is 0 Å². The average molecular weight is 340 g/mol. The van der Waals surface area contributed by atoms with Crippen molar-refractivity contribution < 1.29 is 9.53 Å². The number of amides is 1. The minimum Gasteiger partial charge on any atom is -0.497 e. The van der Waals surface area contributed by atoms with E-state index in [4.69, 9.17) is 4.74 Å². The number of methoxy groups -OCH3 is 1. The number of fused-ring (bicyclic) bond motifs is 1. The van der Waals surface area contributed by atoms with E-state index in [9.17, 15) is 4.79 Å². The van der Waals surface area contributed by atoms with Crippen molar-refractivity contribution in [2.45, 2.75) is 19.9 Å². The van der Waals surface area contributed by atoms with Crippen LogP contribution in [0.25, 0.3) is 10.2 Å². The van der Waals surface area contributed by atoms with Crippen molar-refractivity contribution in [1.82, 2.24) is 10.3 Å². The number of hydrogen-bond acceptors (Lipinski definition) is 4. The third-order valence-corrected chi connectivity index (χ3v) is 4.81. The van der Waals surface area contributed by atoms with Gasteiger partial charge in [0.05, 0.1) is 28.9 Å². The van der Waals surface area contributed by atoms with Crippen LogP contribution in [0.15, 0.2) is 48.0 Å². The molecule has 1 amide bonds. The van der Waals surface area contributed by atoms with Gasteiger partial charge < -0.3 is 10.1 Å². The van der Waals surface area contributed by atoms with Crippen LogP contribution in [0.5, 0.6) is 5.75 Å². The number of benzene rings is 2. The Morgan fingerprint density at radius 2 is 1.92 bits per heavy atom. The molecule has 1 N–H and O–H groups in total. The largest absolute Gasteiger partial charge is 0.497 e. The molecular weight excluding hydrogens is 320 g/mol. The van der Waals surface area contributed by atoms with Crippen LogP contribution in [0.1, 0.15) is 35.8 Å². The molecule has 24 heavy (non-hydrogen) atoms. The fourth-order valence-electron chi connectivity index (χ4n) is 2.67. The molecule has 1 aromatic heterocycles. The maximum atomic E-state index is 12.7. The SMILES string of the molecule is COc1ccc(C(NC(=O)c2ccc3ncsc3c2)C(C)C)cc1. The van der Waals surface area contributed by atoms with E-state index in [0.29, 0.717) is 5.56 Å². The van der Waals surface area contributed by atoms with Gasteiger partial charge in [0.15, 0.2) is 0 Å². The molecule has 0 aliphatic heterocycles. The van der Waals surface area contributed by atoms with Gasteiger partial charge in [-0.2, -0.15) is 0 Å². The van der Waals surface area contributed by atoms with Gasteiger partial charge in [0.1, 0.15) is 5.75 Å². The van der Waals surface area contributed by atoms with Crippen molar-refractivity contribution in [2.75, 3.05) is 7.11 Å². The van der Waals surface area contributed by atoms with Crippen molar-refractivity contribution in [3.63, 3.8) is 0 Å². The Bertz CT molecular complexity index is 840. The Morgan fingerprint density at radius 3 is 2.58 bits per heavy atom. The number of thiazole rings is 1. The van der Waals surface area contributed by atoms with Gasteiger partial charge in [-0.15, -0.1) is 11.3 Å². The third kappa shape index (κ3) is 3.41. The van der Waals surface area contributed by atoms with E-state index in [-0.39, 0.29) is 17.9 Å². The lowest BCUT2D eigenvalue weighted by Gasteiger charge is -2.23. The van der Waals surface area contributed by atoms with Crippen LogP contribution in [0.3, 0.4) is 0 Å². The zero-order valence-electron chi connectivity index (χ0n) is 13.9. The van der Waals surface area contributed by atoms with E-state index in [2.05, 4.69) is 24.1 Å². The zero-order valence-corrected chi connectivity index (χ0v) is 14.8. The van der Waals surface area contributed by atoms with Crippen molar-refractivity contribution in [3.8, 4) is 5.75 Å². The summed E-state index contributed by atoms with van der Waals surface area (Å²) in [7, 11) is 1.65. The molecule has 1 heterocycles. The minimum atomic E-state index is -0.0696. The van der Waals surface area contributed by atoms with Crippen LogP contribution in [0.2, 0.25) is 0 Å². The number of carbonyl (C=O) groups excluding carboxylic acids is 1. The van der Waals surface area contributed by atoms with E-state index >= 15 is 0 Å². The summed E-state index contributed by atoms with van der Waals surface area (Å²) in [5, 5.41) is 3.15. The summed E-state index contributed by atoms with van der Waals surface area (Å²) in [6, 6.07) is 13.4. The van der Waals surface area contributed by atoms with Crippen molar-refractivity contribution in [1.29, 1.82) is 0 Å². The van der Waals surface area contributed by atoms with E-state index < -0.39 is 0 Å². The Morgan fingerprint density at radius 1 is 1.17 bits per heavy atom. The van der Waals surface area contributed by atoms with Gasteiger partial charge in [0.25, 0.3) is 5.91 Å². The normalized spacial score (nSPS) is 12.3. The highest BCUT2D eigenvalue weighted by Gasteiger charge is 2.19. The Hall–Kier alpha value is -2.40. The van der Waals surface area contributed by atoms with Crippen molar-refractivity contribution >= 4 is 27.5 Å².